The summed E-state index contributed by atoms with van der Waals surface area (Å²) in [7, 11) is 1.63. The van der Waals surface area contributed by atoms with Crippen molar-refractivity contribution in [3.63, 3.8) is 0 Å². The molecule has 7 nitrogen and oxygen atoms in total. The van der Waals surface area contributed by atoms with Crippen molar-refractivity contribution in [2.75, 3.05) is 20.3 Å². The molecule has 0 fully saturated rings. The standard InChI is InChI=1S/C19H21BrN2O5/c1-3-26-17-9-13(8-15(20)19(17)27-12-18(23)24)10-21-22-11-14-6-4-5-7-16(14)25-2/h4-10,22H,3,11-12H2,1-2H3,(H,23,24)/b21-10-. The van der Waals surface area contributed by atoms with Crippen LogP contribution in [-0.4, -0.2) is 37.6 Å². The van der Waals surface area contributed by atoms with Crippen LogP contribution in [0.15, 0.2) is 46.0 Å². The lowest BCUT2D eigenvalue weighted by Crippen LogP contribution is -2.11. The maximum absolute atomic E-state index is 10.7. The lowest BCUT2D eigenvalue weighted by atomic mass is 10.2. The number of carboxylic acid groups (broad SMARTS) is 1. The Bertz CT molecular complexity index is 811. The Morgan fingerprint density at radius 3 is 2.74 bits per heavy atom. The minimum atomic E-state index is -1.06. The fraction of sp³-hybridized carbons (Fsp3) is 0.263. The SMILES string of the molecule is CCOc1cc(/C=N\NCc2ccccc2OC)cc(Br)c1OCC(=O)O. The van der Waals surface area contributed by atoms with E-state index < -0.39 is 12.6 Å². The molecule has 27 heavy (non-hydrogen) atoms. The number of carbonyl (C=O) groups is 1. The number of para-hydroxylation sites is 1. The third-order valence-electron chi connectivity index (χ3n) is 3.44. The Hall–Kier alpha value is -2.74. The summed E-state index contributed by atoms with van der Waals surface area (Å²) in [5, 5.41) is 13.0. The highest BCUT2D eigenvalue weighted by molar-refractivity contribution is 9.10. The zero-order valence-electron chi connectivity index (χ0n) is 15.1. The highest BCUT2D eigenvalue weighted by atomic mass is 79.9. The van der Waals surface area contributed by atoms with E-state index in [0.29, 0.717) is 29.1 Å². The third-order valence-corrected chi connectivity index (χ3v) is 4.03. The van der Waals surface area contributed by atoms with Crippen molar-refractivity contribution >= 4 is 28.1 Å². The van der Waals surface area contributed by atoms with Crippen LogP contribution in [0.4, 0.5) is 0 Å². The van der Waals surface area contributed by atoms with Gasteiger partial charge in [0.2, 0.25) is 0 Å². The second-order valence-electron chi connectivity index (χ2n) is 5.35. The van der Waals surface area contributed by atoms with Gasteiger partial charge in [0.15, 0.2) is 18.1 Å². The number of carboxylic acids is 1. The molecule has 8 heteroatoms. The summed E-state index contributed by atoms with van der Waals surface area (Å²) in [4.78, 5) is 10.7. The van der Waals surface area contributed by atoms with Crippen molar-refractivity contribution in [2.24, 2.45) is 5.10 Å². The van der Waals surface area contributed by atoms with Crippen molar-refractivity contribution in [1.29, 1.82) is 0 Å². The Labute approximate surface area is 166 Å². The van der Waals surface area contributed by atoms with Crippen LogP contribution >= 0.6 is 15.9 Å². The molecule has 0 saturated heterocycles. The van der Waals surface area contributed by atoms with E-state index in [-0.39, 0.29) is 0 Å². The molecule has 0 spiro atoms. The molecular formula is C19H21BrN2O5. The number of nitrogens with zero attached hydrogens (tertiary/aromatic N) is 1. The van der Waals surface area contributed by atoms with Crippen molar-refractivity contribution < 1.29 is 24.1 Å². The third kappa shape index (κ3) is 6.18. The molecule has 0 heterocycles. The zero-order chi connectivity index (χ0) is 19.6. The minimum absolute atomic E-state index is 0.346. The van der Waals surface area contributed by atoms with Crippen molar-refractivity contribution in [3.05, 3.63) is 52.0 Å². The number of hydrogen-bond donors (Lipinski definition) is 2. The second-order valence-corrected chi connectivity index (χ2v) is 6.20. The van der Waals surface area contributed by atoms with Gasteiger partial charge in [0, 0.05) is 5.56 Å². The van der Waals surface area contributed by atoms with E-state index in [2.05, 4.69) is 26.5 Å². The molecule has 0 aliphatic rings. The van der Waals surface area contributed by atoms with Gasteiger partial charge < -0.3 is 24.7 Å². The highest BCUT2D eigenvalue weighted by Crippen LogP contribution is 2.36. The molecule has 0 radical (unpaired) electrons. The number of benzene rings is 2. The number of methoxy groups -OCH3 is 1. The Morgan fingerprint density at radius 1 is 1.26 bits per heavy atom. The van der Waals surface area contributed by atoms with Gasteiger partial charge in [-0.1, -0.05) is 18.2 Å². The molecule has 2 rings (SSSR count). The van der Waals surface area contributed by atoms with E-state index in [9.17, 15) is 4.79 Å². The molecule has 0 unspecified atom stereocenters. The van der Waals surface area contributed by atoms with E-state index in [1.54, 1.807) is 25.5 Å². The lowest BCUT2D eigenvalue weighted by Gasteiger charge is -2.13. The normalized spacial score (nSPS) is 10.6. The number of halogens is 1. The number of aliphatic carboxylic acids is 1. The van der Waals surface area contributed by atoms with Gasteiger partial charge in [0.05, 0.1) is 30.9 Å². The van der Waals surface area contributed by atoms with Crippen molar-refractivity contribution in [3.8, 4) is 17.2 Å². The largest absolute Gasteiger partial charge is 0.496 e. The van der Waals surface area contributed by atoms with Crippen LogP contribution in [0.3, 0.4) is 0 Å². The number of ether oxygens (including phenoxy) is 3. The first-order chi connectivity index (χ1) is 13.0. The number of nitrogens with one attached hydrogen (secondary N) is 1. The van der Waals surface area contributed by atoms with E-state index in [4.69, 9.17) is 19.3 Å². The monoisotopic (exact) mass is 436 g/mol. The van der Waals surface area contributed by atoms with E-state index in [0.717, 1.165) is 16.9 Å². The molecule has 0 aromatic heterocycles. The van der Waals surface area contributed by atoms with E-state index in [1.807, 2.05) is 31.2 Å². The predicted octanol–water partition coefficient (Wildman–Crippen LogP) is 3.44. The first-order valence-corrected chi connectivity index (χ1v) is 9.03. The molecular weight excluding hydrogens is 416 g/mol. The van der Waals surface area contributed by atoms with Crippen molar-refractivity contribution in [2.45, 2.75) is 13.5 Å². The summed E-state index contributed by atoms with van der Waals surface area (Å²) in [6.07, 6.45) is 1.64. The fourth-order valence-corrected chi connectivity index (χ4v) is 2.87. The summed E-state index contributed by atoms with van der Waals surface area (Å²) in [5.74, 6) is 0.523. The average molecular weight is 437 g/mol. The van der Waals surface area contributed by atoms with Crippen LogP contribution in [0, 0.1) is 0 Å². The Balaban J connectivity index is 2.08. The molecule has 144 valence electrons. The topological polar surface area (TPSA) is 89.4 Å². The molecule has 2 N–H and O–H groups in total. The zero-order valence-corrected chi connectivity index (χ0v) is 16.7. The Morgan fingerprint density at radius 2 is 2.04 bits per heavy atom. The summed E-state index contributed by atoms with van der Waals surface area (Å²) in [6, 6.07) is 11.2. The highest BCUT2D eigenvalue weighted by Gasteiger charge is 2.13. The maximum Gasteiger partial charge on any atom is 0.341 e. The fourth-order valence-electron chi connectivity index (χ4n) is 2.30. The van der Waals surface area contributed by atoms with Gasteiger partial charge in [-0.3, -0.25) is 0 Å². The number of hydrazone groups is 1. The molecule has 0 atom stereocenters. The van der Waals surface area contributed by atoms with Gasteiger partial charge in [0.25, 0.3) is 0 Å². The molecule has 0 bridgehead atoms. The summed E-state index contributed by atoms with van der Waals surface area (Å²) in [6.45, 7) is 2.32. The molecule has 0 aliphatic carbocycles. The van der Waals surface area contributed by atoms with Crippen LogP contribution in [0.5, 0.6) is 17.2 Å². The Kier molecular flexibility index (Phi) is 7.94. The quantitative estimate of drug-likeness (QED) is 0.437. The molecule has 0 amide bonds. The van der Waals surface area contributed by atoms with Gasteiger partial charge in [-0.15, -0.1) is 0 Å². The predicted molar refractivity (Wildman–Crippen MR) is 106 cm³/mol. The summed E-state index contributed by atoms with van der Waals surface area (Å²) in [5.41, 5.74) is 4.73. The molecule has 0 aliphatic heterocycles. The van der Waals surface area contributed by atoms with Crippen LogP contribution in [0.25, 0.3) is 0 Å². The van der Waals surface area contributed by atoms with Gasteiger partial charge in [-0.25, -0.2) is 4.79 Å². The lowest BCUT2D eigenvalue weighted by molar-refractivity contribution is -0.139. The molecule has 2 aromatic carbocycles. The van der Waals surface area contributed by atoms with E-state index in [1.165, 1.54) is 0 Å². The van der Waals surface area contributed by atoms with Crippen LogP contribution in [-0.2, 0) is 11.3 Å². The first kappa shape index (κ1) is 20.6. The van der Waals surface area contributed by atoms with Gasteiger partial charge in [0.1, 0.15) is 5.75 Å². The van der Waals surface area contributed by atoms with Crippen LogP contribution in [0.2, 0.25) is 0 Å². The second kappa shape index (κ2) is 10.4. The van der Waals surface area contributed by atoms with E-state index >= 15 is 0 Å². The number of rotatable bonds is 10. The van der Waals surface area contributed by atoms with Gasteiger partial charge in [-0.2, -0.15) is 5.10 Å². The molecule has 0 saturated carbocycles. The van der Waals surface area contributed by atoms with Gasteiger partial charge in [-0.05, 0) is 46.6 Å². The smallest absolute Gasteiger partial charge is 0.341 e. The molecule has 2 aromatic rings. The first-order valence-electron chi connectivity index (χ1n) is 8.23. The van der Waals surface area contributed by atoms with Gasteiger partial charge >= 0.3 is 5.97 Å². The maximum atomic E-state index is 10.7. The minimum Gasteiger partial charge on any atom is -0.496 e. The summed E-state index contributed by atoms with van der Waals surface area (Å²) < 4.78 is 16.7. The van der Waals surface area contributed by atoms with Crippen LogP contribution < -0.4 is 19.6 Å². The number of hydrogen-bond acceptors (Lipinski definition) is 6. The van der Waals surface area contributed by atoms with Crippen molar-refractivity contribution in [1.82, 2.24) is 5.43 Å². The summed E-state index contributed by atoms with van der Waals surface area (Å²) >= 11 is 3.39. The van der Waals surface area contributed by atoms with Crippen LogP contribution in [0.1, 0.15) is 18.1 Å². The average Bonchev–Trinajstić information content (AvgIpc) is 2.65.